The predicted molar refractivity (Wildman–Crippen MR) is 78.2 cm³/mol. The minimum atomic E-state index is 0.0274. The van der Waals surface area contributed by atoms with Gasteiger partial charge in [0.25, 0.3) is 0 Å². The molecular formula is C6H14S6. The van der Waals surface area contributed by atoms with Gasteiger partial charge in [-0.25, -0.2) is 0 Å². The maximum Gasteiger partial charge on any atom is 0.0558 e. The Kier molecular flexibility index (Phi) is 9.88. The van der Waals surface area contributed by atoms with E-state index in [0.29, 0.717) is 4.58 Å². The normalized spacial score (nSPS) is 16.5. The van der Waals surface area contributed by atoms with Crippen molar-refractivity contribution in [3.05, 3.63) is 0 Å². The maximum atomic E-state index is 4.41. The van der Waals surface area contributed by atoms with Crippen LogP contribution in [-0.4, -0.2) is 25.9 Å². The largest absolute Gasteiger partial charge is 0.179 e. The van der Waals surface area contributed by atoms with Gasteiger partial charge in [-0.1, -0.05) is 0 Å². The van der Waals surface area contributed by atoms with E-state index in [1.807, 2.05) is 0 Å². The molecule has 0 saturated heterocycles. The molecule has 0 heterocycles. The zero-order valence-electron chi connectivity index (χ0n) is 6.50. The molecule has 0 radical (unpaired) electrons. The van der Waals surface area contributed by atoms with E-state index in [1.165, 1.54) is 0 Å². The molecule has 0 N–H and O–H groups in total. The Morgan fingerprint density at radius 2 is 1.67 bits per heavy atom. The van der Waals surface area contributed by atoms with E-state index in [4.69, 9.17) is 0 Å². The summed E-state index contributed by atoms with van der Waals surface area (Å²) in [4.78, 5) is 0. The van der Waals surface area contributed by atoms with Gasteiger partial charge in [0.2, 0.25) is 0 Å². The van der Waals surface area contributed by atoms with Crippen LogP contribution < -0.4 is 0 Å². The highest BCUT2D eigenvalue weighted by Gasteiger charge is 2.14. The molecule has 2 unspecified atom stereocenters. The zero-order valence-corrected chi connectivity index (χ0v) is 11.8. The molecule has 0 amide bonds. The number of thioether (sulfide) groups is 1. The van der Waals surface area contributed by atoms with Gasteiger partial charge in [0.05, 0.1) is 4.58 Å². The molecule has 74 valence electrons. The summed E-state index contributed by atoms with van der Waals surface area (Å²) < 4.78 is 0.348. The van der Waals surface area contributed by atoms with Gasteiger partial charge < -0.3 is 0 Å². The Labute approximate surface area is 106 Å². The predicted octanol–water partition coefficient (Wildman–Crippen LogP) is 2.78. The van der Waals surface area contributed by atoms with Gasteiger partial charge in [-0.3, -0.25) is 0 Å². The van der Waals surface area contributed by atoms with Crippen molar-refractivity contribution in [1.29, 1.82) is 0 Å². The number of hydrogen-bond donors (Lipinski definition) is 5. The molecule has 12 heavy (non-hydrogen) atoms. The van der Waals surface area contributed by atoms with Gasteiger partial charge >= 0.3 is 0 Å². The molecule has 0 aromatic heterocycles. The van der Waals surface area contributed by atoms with Gasteiger partial charge in [0, 0.05) is 15.6 Å². The Morgan fingerprint density at radius 1 is 1.08 bits per heavy atom. The third-order valence-electron chi connectivity index (χ3n) is 1.19. The molecular weight excluding hydrogens is 264 g/mol. The van der Waals surface area contributed by atoms with E-state index >= 15 is 0 Å². The van der Waals surface area contributed by atoms with Crippen molar-refractivity contribution < 1.29 is 0 Å². The van der Waals surface area contributed by atoms with E-state index in [1.54, 1.807) is 11.8 Å². The Bertz CT molecular complexity index is 106. The fraction of sp³-hybridized carbons (Fsp3) is 1.00. The third kappa shape index (κ3) is 7.50. The summed E-state index contributed by atoms with van der Waals surface area (Å²) >= 11 is 23.1. The highest BCUT2D eigenvalue weighted by atomic mass is 32.2. The van der Waals surface area contributed by atoms with Gasteiger partial charge in [-0.05, 0) is 12.2 Å². The fourth-order valence-corrected chi connectivity index (χ4v) is 2.93. The van der Waals surface area contributed by atoms with Crippen molar-refractivity contribution in [1.82, 2.24) is 0 Å². The quantitative estimate of drug-likeness (QED) is 0.368. The first-order valence-electron chi connectivity index (χ1n) is 3.52. The second-order valence-corrected chi connectivity index (χ2v) is 7.18. The van der Waals surface area contributed by atoms with Crippen molar-refractivity contribution >= 4 is 74.9 Å². The van der Waals surface area contributed by atoms with Crippen molar-refractivity contribution in [3.8, 4) is 0 Å². The van der Waals surface area contributed by atoms with Crippen LogP contribution in [0.15, 0.2) is 0 Å². The van der Waals surface area contributed by atoms with Crippen LogP contribution in [0.25, 0.3) is 0 Å². The summed E-state index contributed by atoms with van der Waals surface area (Å²) in [5.41, 5.74) is 0. The average Bonchev–Trinajstić information content (AvgIpc) is 2.00. The van der Waals surface area contributed by atoms with Crippen LogP contribution in [0.5, 0.6) is 0 Å². The minimum Gasteiger partial charge on any atom is -0.179 e. The van der Waals surface area contributed by atoms with E-state index in [-0.39, 0.29) is 9.83 Å². The Hall–Kier alpha value is 2.10. The van der Waals surface area contributed by atoms with Crippen LogP contribution in [-0.2, 0) is 0 Å². The molecule has 2 atom stereocenters. The van der Waals surface area contributed by atoms with Crippen LogP contribution in [0.2, 0.25) is 0 Å². The lowest BCUT2D eigenvalue weighted by Crippen LogP contribution is -2.13. The van der Waals surface area contributed by atoms with Gasteiger partial charge in [-0.15, -0.1) is 11.8 Å². The Balaban J connectivity index is 3.47. The van der Waals surface area contributed by atoms with Crippen molar-refractivity contribution in [2.24, 2.45) is 0 Å². The topological polar surface area (TPSA) is 0 Å². The molecule has 0 aliphatic heterocycles. The maximum absolute atomic E-state index is 4.41. The van der Waals surface area contributed by atoms with E-state index in [0.717, 1.165) is 17.9 Å². The smallest absolute Gasteiger partial charge is 0.0558 e. The monoisotopic (exact) mass is 278 g/mol. The summed E-state index contributed by atoms with van der Waals surface area (Å²) in [5.74, 6) is 1.92. The molecule has 0 nitrogen and oxygen atoms in total. The van der Waals surface area contributed by atoms with E-state index < -0.39 is 0 Å². The first-order valence-corrected chi connectivity index (χ1v) is 7.27. The van der Waals surface area contributed by atoms with Crippen LogP contribution >= 0.6 is 74.9 Å². The molecule has 0 saturated carbocycles. The average molecular weight is 279 g/mol. The van der Waals surface area contributed by atoms with Crippen molar-refractivity contribution in [2.45, 2.75) is 20.8 Å². The molecule has 6 heteroatoms. The molecule has 0 rings (SSSR count). The first-order chi connectivity index (χ1) is 5.57. The fourth-order valence-electron chi connectivity index (χ4n) is 0.585. The van der Waals surface area contributed by atoms with Crippen molar-refractivity contribution in [3.63, 3.8) is 0 Å². The molecule has 0 aromatic carbocycles. The van der Waals surface area contributed by atoms with Gasteiger partial charge in [-0.2, -0.15) is 63.1 Å². The number of rotatable bonds is 6. The van der Waals surface area contributed by atoms with E-state index in [2.05, 4.69) is 63.1 Å². The van der Waals surface area contributed by atoms with Crippen LogP contribution in [0.1, 0.15) is 6.42 Å². The highest BCUT2D eigenvalue weighted by molar-refractivity contribution is 8.10. The van der Waals surface area contributed by atoms with Crippen LogP contribution in [0, 0.1) is 0 Å². The number of hydrogen-bond acceptors (Lipinski definition) is 6. The van der Waals surface area contributed by atoms with E-state index in [9.17, 15) is 0 Å². The first kappa shape index (κ1) is 14.1. The SMILES string of the molecule is SCCSC(S)CC(S)C(S)S. The summed E-state index contributed by atoms with van der Waals surface area (Å²) in [5, 5.41) is 0.201. The highest BCUT2D eigenvalue weighted by Crippen LogP contribution is 2.26. The Morgan fingerprint density at radius 3 is 2.08 bits per heavy atom. The second-order valence-electron chi connectivity index (χ2n) is 2.27. The third-order valence-corrected chi connectivity index (χ3v) is 5.09. The summed E-state index contributed by atoms with van der Waals surface area (Å²) in [7, 11) is 0. The summed E-state index contributed by atoms with van der Waals surface area (Å²) in [6.45, 7) is 0. The lowest BCUT2D eigenvalue weighted by molar-refractivity contribution is 0.890. The van der Waals surface area contributed by atoms with Crippen LogP contribution in [0.3, 0.4) is 0 Å². The van der Waals surface area contributed by atoms with Gasteiger partial charge in [0.15, 0.2) is 0 Å². The van der Waals surface area contributed by atoms with Gasteiger partial charge in [0.1, 0.15) is 0 Å². The molecule has 0 aliphatic carbocycles. The molecule has 0 bridgehead atoms. The van der Waals surface area contributed by atoms with Crippen LogP contribution in [0.4, 0.5) is 0 Å². The lowest BCUT2D eigenvalue weighted by atomic mass is 10.4. The summed E-state index contributed by atoms with van der Waals surface area (Å²) in [6.07, 6.45) is 0.919. The van der Waals surface area contributed by atoms with Crippen molar-refractivity contribution in [2.75, 3.05) is 11.5 Å². The molecule has 0 aliphatic rings. The standard InChI is InChI=1S/C6H14S6/c7-1-2-12-5(9)3-4(8)6(10)11/h4-11H,1-3H2. The zero-order chi connectivity index (χ0) is 9.56. The molecule has 0 fully saturated rings. The summed E-state index contributed by atoms with van der Waals surface area (Å²) in [6, 6.07) is 0. The second kappa shape index (κ2) is 8.41. The molecule has 0 spiro atoms. The molecule has 0 aromatic rings. The minimum absolute atomic E-state index is 0.0274. The lowest BCUT2D eigenvalue weighted by Gasteiger charge is -2.17. The number of thiol groups is 5.